The number of hydrogen-bond acceptors (Lipinski definition) is 4. The van der Waals surface area contributed by atoms with Crippen molar-refractivity contribution in [2.45, 2.75) is 13.3 Å². The van der Waals surface area contributed by atoms with Crippen LogP contribution in [-0.4, -0.2) is 25.8 Å². The first-order valence-corrected chi connectivity index (χ1v) is 7.01. The standard InChI is InChI=1S/C18H17FO4/c1-11(20)8-12-9-16(22-2)17(23-3)10-14(12)18(21)13-6-4-5-7-15(13)19/h4-7,9-10H,8H2,1-3H3. The number of Topliss-reactive ketones (excluding diaryl/α,β-unsaturated/α-hetero) is 1. The molecule has 2 aromatic carbocycles. The van der Waals surface area contributed by atoms with Gasteiger partial charge in [-0.1, -0.05) is 12.1 Å². The molecule has 0 unspecified atom stereocenters. The van der Waals surface area contributed by atoms with Crippen molar-refractivity contribution >= 4 is 11.6 Å². The van der Waals surface area contributed by atoms with E-state index in [1.165, 1.54) is 45.4 Å². The van der Waals surface area contributed by atoms with Crippen LogP contribution in [0.2, 0.25) is 0 Å². The molecule has 120 valence electrons. The van der Waals surface area contributed by atoms with Gasteiger partial charge < -0.3 is 9.47 Å². The molecule has 0 aromatic heterocycles. The molecule has 0 spiro atoms. The van der Waals surface area contributed by atoms with Crippen molar-refractivity contribution in [2.24, 2.45) is 0 Å². The number of halogens is 1. The van der Waals surface area contributed by atoms with Gasteiger partial charge in [0.15, 0.2) is 17.3 Å². The molecule has 0 saturated heterocycles. The molecule has 0 atom stereocenters. The molecule has 0 amide bonds. The average Bonchev–Trinajstić information content (AvgIpc) is 2.53. The fraction of sp³-hybridized carbons (Fsp3) is 0.222. The zero-order valence-electron chi connectivity index (χ0n) is 13.2. The van der Waals surface area contributed by atoms with E-state index in [1.54, 1.807) is 12.1 Å². The summed E-state index contributed by atoms with van der Waals surface area (Å²) >= 11 is 0. The van der Waals surface area contributed by atoms with Crippen LogP contribution in [0.1, 0.15) is 28.4 Å². The van der Waals surface area contributed by atoms with Crippen molar-refractivity contribution in [2.75, 3.05) is 14.2 Å². The Labute approximate surface area is 133 Å². The number of carbonyl (C=O) groups is 2. The van der Waals surface area contributed by atoms with Crippen LogP contribution in [0.3, 0.4) is 0 Å². The summed E-state index contributed by atoms with van der Waals surface area (Å²) in [5, 5.41) is 0. The summed E-state index contributed by atoms with van der Waals surface area (Å²) in [7, 11) is 2.91. The summed E-state index contributed by atoms with van der Waals surface area (Å²) < 4.78 is 24.3. The van der Waals surface area contributed by atoms with E-state index >= 15 is 0 Å². The lowest BCUT2D eigenvalue weighted by Crippen LogP contribution is -2.11. The lowest BCUT2D eigenvalue weighted by Gasteiger charge is -2.14. The van der Waals surface area contributed by atoms with Gasteiger partial charge in [0.25, 0.3) is 0 Å². The van der Waals surface area contributed by atoms with Crippen LogP contribution in [0.15, 0.2) is 36.4 Å². The van der Waals surface area contributed by atoms with Crippen molar-refractivity contribution in [1.82, 2.24) is 0 Å². The topological polar surface area (TPSA) is 52.6 Å². The highest BCUT2D eigenvalue weighted by atomic mass is 19.1. The van der Waals surface area contributed by atoms with E-state index < -0.39 is 11.6 Å². The van der Waals surface area contributed by atoms with Gasteiger partial charge in [-0.15, -0.1) is 0 Å². The smallest absolute Gasteiger partial charge is 0.196 e. The quantitative estimate of drug-likeness (QED) is 0.768. The van der Waals surface area contributed by atoms with Gasteiger partial charge in [-0.25, -0.2) is 4.39 Å². The first kappa shape index (κ1) is 16.7. The predicted molar refractivity (Wildman–Crippen MR) is 83.8 cm³/mol. The molecule has 0 aliphatic rings. The van der Waals surface area contributed by atoms with Crippen LogP contribution in [0.25, 0.3) is 0 Å². The Bertz CT molecular complexity index is 753. The van der Waals surface area contributed by atoms with Gasteiger partial charge in [0.1, 0.15) is 11.6 Å². The zero-order chi connectivity index (χ0) is 17.0. The van der Waals surface area contributed by atoms with Crippen LogP contribution in [-0.2, 0) is 11.2 Å². The third kappa shape index (κ3) is 3.56. The molecule has 5 heteroatoms. The highest BCUT2D eigenvalue weighted by Gasteiger charge is 2.21. The SMILES string of the molecule is COc1cc(CC(C)=O)c(C(=O)c2ccccc2F)cc1OC. The Hall–Kier alpha value is -2.69. The zero-order valence-corrected chi connectivity index (χ0v) is 13.2. The van der Waals surface area contributed by atoms with E-state index in [2.05, 4.69) is 0 Å². The molecule has 2 aromatic rings. The minimum absolute atomic E-state index is 0.0514. The third-order valence-corrected chi connectivity index (χ3v) is 3.41. The Morgan fingerprint density at radius 2 is 1.61 bits per heavy atom. The Balaban J connectivity index is 2.61. The highest BCUT2D eigenvalue weighted by molar-refractivity contribution is 6.11. The van der Waals surface area contributed by atoms with Gasteiger partial charge in [-0.3, -0.25) is 9.59 Å². The fourth-order valence-corrected chi connectivity index (χ4v) is 2.34. The Kier molecular flexibility index (Phi) is 5.11. The number of ether oxygens (including phenoxy) is 2. The van der Waals surface area contributed by atoms with Crippen molar-refractivity contribution in [1.29, 1.82) is 0 Å². The molecule has 0 fully saturated rings. The lowest BCUT2D eigenvalue weighted by atomic mass is 9.94. The Morgan fingerprint density at radius 1 is 1.00 bits per heavy atom. The molecule has 0 saturated carbocycles. The normalized spacial score (nSPS) is 10.3. The van der Waals surface area contributed by atoms with Gasteiger partial charge in [-0.2, -0.15) is 0 Å². The maximum absolute atomic E-state index is 13.9. The summed E-state index contributed by atoms with van der Waals surface area (Å²) in [6, 6.07) is 8.78. The monoisotopic (exact) mass is 316 g/mol. The van der Waals surface area contributed by atoms with Gasteiger partial charge in [0, 0.05) is 12.0 Å². The van der Waals surface area contributed by atoms with Gasteiger partial charge in [0.05, 0.1) is 19.8 Å². The van der Waals surface area contributed by atoms with Gasteiger partial charge in [0.2, 0.25) is 0 Å². The summed E-state index contributed by atoms with van der Waals surface area (Å²) in [5.41, 5.74) is 0.649. The molecule has 0 aliphatic carbocycles. The summed E-state index contributed by atoms with van der Waals surface area (Å²) in [5.74, 6) is -0.463. The Morgan fingerprint density at radius 3 is 2.17 bits per heavy atom. The second-order valence-corrected chi connectivity index (χ2v) is 5.05. The van der Waals surface area contributed by atoms with Gasteiger partial charge >= 0.3 is 0 Å². The molecule has 0 aliphatic heterocycles. The summed E-state index contributed by atoms with van der Waals surface area (Å²) in [6.45, 7) is 1.42. The van der Waals surface area contributed by atoms with E-state index in [-0.39, 0.29) is 23.3 Å². The van der Waals surface area contributed by atoms with E-state index in [1.807, 2.05) is 0 Å². The van der Waals surface area contributed by atoms with Gasteiger partial charge in [-0.05, 0) is 36.8 Å². The number of rotatable bonds is 6. The molecule has 0 radical (unpaired) electrons. The van der Waals surface area contributed by atoms with Crippen molar-refractivity contribution in [3.63, 3.8) is 0 Å². The third-order valence-electron chi connectivity index (χ3n) is 3.41. The number of hydrogen-bond donors (Lipinski definition) is 0. The molecular formula is C18H17FO4. The van der Waals surface area contributed by atoms with Crippen LogP contribution >= 0.6 is 0 Å². The van der Waals surface area contributed by atoms with E-state index in [4.69, 9.17) is 9.47 Å². The van der Waals surface area contributed by atoms with Crippen LogP contribution in [0, 0.1) is 5.82 Å². The first-order valence-electron chi connectivity index (χ1n) is 7.01. The van der Waals surface area contributed by atoms with E-state index in [9.17, 15) is 14.0 Å². The van der Waals surface area contributed by atoms with Crippen LogP contribution < -0.4 is 9.47 Å². The summed E-state index contributed by atoms with van der Waals surface area (Å²) in [6.07, 6.45) is 0.0515. The molecule has 0 heterocycles. The van der Waals surface area contributed by atoms with Crippen molar-refractivity contribution in [3.8, 4) is 11.5 Å². The number of benzene rings is 2. The molecule has 4 nitrogen and oxygen atoms in total. The highest BCUT2D eigenvalue weighted by Crippen LogP contribution is 2.32. The largest absolute Gasteiger partial charge is 0.493 e. The molecule has 2 rings (SSSR count). The summed E-state index contributed by atoms with van der Waals surface area (Å²) in [4.78, 5) is 24.2. The molecule has 0 bridgehead atoms. The van der Waals surface area contributed by atoms with E-state index in [0.29, 0.717) is 17.1 Å². The number of ketones is 2. The van der Waals surface area contributed by atoms with E-state index in [0.717, 1.165) is 0 Å². The predicted octanol–water partition coefficient (Wildman–Crippen LogP) is 3.21. The van der Waals surface area contributed by atoms with Crippen LogP contribution in [0.5, 0.6) is 11.5 Å². The molecule has 0 N–H and O–H groups in total. The van der Waals surface area contributed by atoms with Crippen molar-refractivity contribution in [3.05, 3.63) is 58.9 Å². The lowest BCUT2D eigenvalue weighted by molar-refractivity contribution is -0.116. The number of methoxy groups -OCH3 is 2. The fourth-order valence-electron chi connectivity index (χ4n) is 2.34. The second kappa shape index (κ2) is 7.05. The van der Waals surface area contributed by atoms with Crippen molar-refractivity contribution < 1.29 is 23.5 Å². The maximum atomic E-state index is 13.9. The maximum Gasteiger partial charge on any atom is 0.196 e. The van der Waals surface area contributed by atoms with Crippen LogP contribution in [0.4, 0.5) is 4.39 Å². The number of carbonyl (C=O) groups excluding carboxylic acids is 2. The minimum Gasteiger partial charge on any atom is -0.493 e. The average molecular weight is 316 g/mol. The molecule has 23 heavy (non-hydrogen) atoms. The molecular weight excluding hydrogens is 299 g/mol. The minimum atomic E-state index is -0.610. The second-order valence-electron chi connectivity index (χ2n) is 5.05. The first-order chi connectivity index (χ1) is 11.0.